The third-order valence-corrected chi connectivity index (χ3v) is 2.17. The molecule has 12 heavy (non-hydrogen) atoms. The van der Waals surface area contributed by atoms with Gasteiger partial charge in [-0.25, -0.2) is 0 Å². The standard InChI is InChI=1S/C9H10O2S/c1-2-12-9(11)7-5-3-4-6-8(7)10/h3-6,10H,2H2,1H3. The number of phenols is 1. The lowest BCUT2D eigenvalue weighted by Gasteiger charge is -2.00. The minimum absolute atomic E-state index is 0.0588. The number of carbonyl (C=O) groups is 1. The number of benzene rings is 1. The van der Waals surface area contributed by atoms with Gasteiger partial charge in [0, 0.05) is 0 Å². The van der Waals surface area contributed by atoms with Crippen LogP contribution in [0.4, 0.5) is 0 Å². The number of phenolic OH excluding ortho intramolecular Hbond substituents is 1. The molecule has 1 rings (SSSR count). The molecule has 0 atom stereocenters. The SMILES string of the molecule is CCSC(=O)c1ccccc1O. The molecule has 0 aromatic heterocycles. The van der Waals surface area contributed by atoms with Gasteiger partial charge >= 0.3 is 0 Å². The van der Waals surface area contributed by atoms with Crippen LogP contribution in [0.25, 0.3) is 0 Å². The maximum atomic E-state index is 11.3. The van der Waals surface area contributed by atoms with Gasteiger partial charge in [-0.05, 0) is 17.9 Å². The van der Waals surface area contributed by atoms with Crippen LogP contribution in [-0.2, 0) is 0 Å². The molecule has 0 amide bonds. The fourth-order valence-corrected chi connectivity index (χ4v) is 1.45. The van der Waals surface area contributed by atoms with E-state index in [0.29, 0.717) is 5.56 Å². The summed E-state index contributed by atoms with van der Waals surface area (Å²) in [5.41, 5.74) is 0.393. The first-order valence-electron chi connectivity index (χ1n) is 3.70. The van der Waals surface area contributed by atoms with Crippen LogP contribution in [-0.4, -0.2) is 16.0 Å². The number of thioether (sulfide) groups is 1. The first kappa shape index (κ1) is 9.13. The van der Waals surface area contributed by atoms with E-state index >= 15 is 0 Å². The maximum absolute atomic E-state index is 11.3. The highest BCUT2D eigenvalue weighted by Crippen LogP contribution is 2.21. The summed E-state index contributed by atoms with van der Waals surface area (Å²) in [5.74, 6) is 0.788. The second-order valence-corrected chi connectivity index (χ2v) is 3.47. The van der Waals surface area contributed by atoms with Crippen molar-refractivity contribution in [3.05, 3.63) is 29.8 Å². The number of hydrogen-bond acceptors (Lipinski definition) is 3. The summed E-state index contributed by atoms with van der Waals surface area (Å²) in [6.07, 6.45) is 0. The molecule has 1 N–H and O–H groups in total. The molecule has 0 bridgehead atoms. The van der Waals surface area contributed by atoms with Crippen molar-refractivity contribution in [2.45, 2.75) is 6.92 Å². The molecule has 64 valence electrons. The van der Waals surface area contributed by atoms with E-state index in [1.165, 1.54) is 17.8 Å². The summed E-state index contributed by atoms with van der Waals surface area (Å²) in [7, 11) is 0. The molecule has 0 spiro atoms. The average Bonchev–Trinajstić information content (AvgIpc) is 2.05. The molecule has 0 saturated heterocycles. The van der Waals surface area contributed by atoms with Crippen molar-refractivity contribution in [3.8, 4) is 5.75 Å². The van der Waals surface area contributed by atoms with Gasteiger partial charge in [0.15, 0.2) is 0 Å². The molecule has 0 radical (unpaired) electrons. The van der Waals surface area contributed by atoms with E-state index in [-0.39, 0.29) is 10.9 Å². The third-order valence-electron chi connectivity index (χ3n) is 1.40. The maximum Gasteiger partial charge on any atom is 0.223 e. The lowest BCUT2D eigenvalue weighted by Crippen LogP contribution is -1.93. The van der Waals surface area contributed by atoms with Gasteiger partial charge in [-0.15, -0.1) is 0 Å². The van der Waals surface area contributed by atoms with Gasteiger partial charge in [0.1, 0.15) is 5.75 Å². The highest BCUT2D eigenvalue weighted by Gasteiger charge is 2.08. The Morgan fingerprint density at radius 3 is 2.75 bits per heavy atom. The smallest absolute Gasteiger partial charge is 0.223 e. The number of carbonyl (C=O) groups excluding carboxylic acids is 1. The molecular formula is C9H10O2S. The van der Waals surface area contributed by atoms with Gasteiger partial charge in [-0.1, -0.05) is 30.8 Å². The number of rotatable bonds is 2. The molecule has 0 heterocycles. The van der Waals surface area contributed by atoms with Gasteiger partial charge in [0.25, 0.3) is 0 Å². The van der Waals surface area contributed by atoms with Gasteiger partial charge in [0.2, 0.25) is 5.12 Å². The number of aromatic hydroxyl groups is 1. The van der Waals surface area contributed by atoms with Crippen molar-refractivity contribution in [2.75, 3.05) is 5.75 Å². The van der Waals surface area contributed by atoms with Crippen molar-refractivity contribution in [2.24, 2.45) is 0 Å². The summed E-state index contributed by atoms with van der Waals surface area (Å²) in [5, 5.41) is 9.20. The molecule has 0 aliphatic heterocycles. The minimum atomic E-state index is -0.0735. The summed E-state index contributed by atoms with van der Waals surface area (Å²) in [6.45, 7) is 1.91. The molecule has 3 heteroatoms. The Hall–Kier alpha value is -0.960. The Labute approximate surface area is 75.6 Å². The van der Waals surface area contributed by atoms with Crippen molar-refractivity contribution in [3.63, 3.8) is 0 Å². The molecule has 0 unspecified atom stereocenters. The molecule has 0 saturated carbocycles. The third kappa shape index (κ3) is 2.01. The second kappa shape index (κ2) is 4.16. The Bertz CT molecular complexity index is 284. The minimum Gasteiger partial charge on any atom is -0.507 e. The van der Waals surface area contributed by atoms with E-state index in [0.717, 1.165) is 5.75 Å². The highest BCUT2D eigenvalue weighted by atomic mass is 32.2. The largest absolute Gasteiger partial charge is 0.507 e. The number of hydrogen-bond donors (Lipinski definition) is 1. The lowest BCUT2D eigenvalue weighted by atomic mass is 10.2. The Morgan fingerprint density at radius 2 is 2.17 bits per heavy atom. The monoisotopic (exact) mass is 182 g/mol. The second-order valence-electron chi connectivity index (χ2n) is 2.24. The normalized spacial score (nSPS) is 9.75. The van der Waals surface area contributed by atoms with Crippen LogP contribution in [0, 0.1) is 0 Å². The van der Waals surface area contributed by atoms with Crippen LogP contribution in [0.3, 0.4) is 0 Å². The number of para-hydroxylation sites is 1. The van der Waals surface area contributed by atoms with E-state index in [9.17, 15) is 9.90 Å². The zero-order valence-corrected chi connectivity index (χ0v) is 7.60. The predicted molar refractivity (Wildman–Crippen MR) is 50.6 cm³/mol. The van der Waals surface area contributed by atoms with Gasteiger partial charge in [-0.3, -0.25) is 4.79 Å². The molecule has 1 aromatic rings. The molecular weight excluding hydrogens is 172 g/mol. The van der Waals surface area contributed by atoms with E-state index < -0.39 is 0 Å². The van der Waals surface area contributed by atoms with Crippen molar-refractivity contribution in [1.82, 2.24) is 0 Å². The van der Waals surface area contributed by atoms with Crippen LogP contribution < -0.4 is 0 Å². The molecule has 0 aliphatic rings. The fraction of sp³-hybridized carbons (Fsp3) is 0.222. The average molecular weight is 182 g/mol. The Kier molecular flexibility index (Phi) is 3.17. The molecule has 2 nitrogen and oxygen atoms in total. The summed E-state index contributed by atoms with van der Waals surface area (Å²) in [6, 6.07) is 6.58. The Morgan fingerprint density at radius 1 is 1.50 bits per heavy atom. The van der Waals surface area contributed by atoms with Crippen LogP contribution in [0.15, 0.2) is 24.3 Å². The fourth-order valence-electron chi connectivity index (χ4n) is 0.855. The van der Waals surface area contributed by atoms with Gasteiger partial charge in [0.05, 0.1) is 5.56 Å². The molecule has 0 fully saturated rings. The van der Waals surface area contributed by atoms with Crippen molar-refractivity contribution >= 4 is 16.9 Å². The van der Waals surface area contributed by atoms with Crippen LogP contribution >= 0.6 is 11.8 Å². The lowest BCUT2D eigenvalue weighted by molar-refractivity contribution is 0.108. The summed E-state index contributed by atoms with van der Waals surface area (Å²) >= 11 is 1.20. The Balaban J connectivity index is 2.87. The van der Waals surface area contributed by atoms with Crippen LogP contribution in [0.2, 0.25) is 0 Å². The molecule has 1 aromatic carbocycles. The van der Waals surface area contributed by atoms with Crippen molar-refractivity contribution < 1.29 is 9.90 Å². The van der Waals surface area contributed by atoms with E-state index in [1.807, 2.05) is 6.92 Å². The first-order valence-corrected chi connectivity index (χ1v) is 4.69. The quantitative estimate of drug-likeness (QED) is 0.762. The van der Waals surface area contributed by atoms with Gasteiger partial charge < -0.3 is 5.11 Å². The van der Waals surface area contributed by atoms with Crippen LogP contribution in [0.5, 0.6) is 5.75 Å². The predicted octanol–water partition coefficient (Wildman–Crippen LogP) is 2.29. The van der Waals surface area contributed by atoms with Crippen molar-refractivity contribution in [1.29, 1.82) is 0 Å². The van der Waals surface area contributed by atoms with Gasteiger partial charge in [-0.2, -0.15) is 0 Å². The van der Waals surface area contributed by atoms with E-state index in [4.69, 9.17) is 0 Å². The van der Waals surface area contributed by atoms with Crippen LogP contribution in [0.1, 0.15) is 17.3 Å². The first-order chi connectivity index (χ1) is 5.75. The highest BCUT2D eigenvalue weighted by molar-refractivity contribution is 8.14. The zero-order valence-electron chi connectivity index (χ0n) is 6.78. The summed E-state index contributed by atoms with van der Waals surface area (Å²) < 4.78 is 0. The zero-order chi connectivity index (χ0) is 8.97. The topological polar surface area (TPSA) is 37.3 Å². The summed E-state index contributed by atoms with van der Waals surface area (Å²) in [4.78, 5) is 11.3. The van der Waals surface area contributed by atoms with E-state index in [2.05, 4.69) is 0 Å². The molecule has 0 aliphatic carbocycles. The van der Waals surface area contributed by atoms with E-state index in [1.54, 1.807) is 18.2 Å².